The quantitative estimate of drug-likeness (QED) is 0.514. The summed E-state index contributed by atoms with van der Waals surface area (Å²) in [5.41, 5.74) is 2.19. The summed E-state index contributed by atoms with van der Waals surface area (Å²) in [4.78, 5) is 28.9. The van der Waals surface area contributed by atoms with Crippen LogP contribution in [-0.4, -0.2) is 36.9 Å². The second-order valence-electron chi connectivity index (χ2n) is 7.12. The zero-order valence-corrected chi connectivity index (χ0v) is 18.6. The topological polar surface area (TPSA) is 52.7 Å². The molecule has 0 atom stereocenters. The van der Waals surface area contributed by atoms with Crippen molar-refractivity contribution < 1.29 is 9.59 Å². The first-order chi connectivity index (χ1) is 14.9. The van der Waals surface area contributed by atoms with Crippen LogP contribution in [0.1, 0.15) is 5.56 Å². The van der Waals surface area contributed by atoms with Crippen molar-refractivity contribution >= 4 is 46.4 Å². The van der Waals surface area contributed by atoms with Gasteiger partial charge in [0.25, 0.3) is 0 Å². The number of amides is 2. The van der Waals surface area contributed by atoms with Crippen molar-refractivity contribution in [3.63, 3.8) is 0 Å². The van der Waals surface area contributed by atoms with Crippen LogP contribution in [0.5, 0.6) is 0 Å². The van der Waals surface area contributed by atoms with E-state index >= 15 is 0 Å². The Morgan fingerprint density at radius 2 is 1.39 bits per heavy atom. The van der Waals surface area contributed by atoms with Gasteiger partial charge in [0.15, 0.2) is 0 Å². The average Bonchev–Trinajstić information content (AvgIpc) is 2.76. The number of carbonyl (C=O) groups is 2. The van der Waals surface area contributed by atoms with Crippen LogP contribution in [0, 0.1) is 0 Å². The second-order valence-corrected chi connectivity index (χ2v) is 7.93. The molecular weight excluding hydrogens is 433 g/mol. The Balaban J connectivity index is 1.65. The summed E-state index contributed by atoms with van der Waals surface area (Å²) in [6, 6.07) is 24.3. The fraction of sp³-hybridized carbons (Fsp3) is 0.167. The molecule has 0 aromatic heterocycles. The summed E-state index contributed by atoms with van der Waals surface area (Å²) in [6.07, 6.45) is 0. The highest BCUT2D eigenvalue weighted by Gasteiger charge is 2.19. The van der Waals surface area contributed by atoms with E-state index in [9.17, 15) is 9.59 Å². The normalized spacial score (nSPS) is 10.7. The van der Waals surface area contributed by atoms with Gasteiger partial charge in [0.1, 0.15) is 0 Å². The van der Waals surface area contributed by atoms with Gasteiger partial charge in [0.05, 0.1) is 35.4 Å². The molecule has 5 nitrogen and oxygen atoms in total. The van der Waals surface area contributed by atoms with Crippen molar-refractivity contribution in [2.75, 3.05) is 30.4 Å². The molecule has 0 aliphatic carbocycles. The van der Waals surface area contributed by atoms with Crippen molar-refractivity contribution in [2.45, 2.75) is 6.54 Å². The highest BCUT2D eigenvalue weighted by atomic mass is 35.5. The van der Waals surface area contributed by atoms with Crippen LogP contribution < -0.4 is 10.2 Å². The minimum Gasteiger partial charge on any atom is -0.322 e. The van der Waals surface area contributed by atoms with Gasteiger partial charge in [-0.1, -0.05) is 77.8 Å². The fourth-order valence-electron chi connectivity index (χ4n) is 3.11. The molecule has 0 radical (unpaired) electrons. The van der Waals surface area contributed by atoms with Crippen molar-refractivity contribution in [1.29, 1.82) is 0 Å². The predicted molar refractivity (Wildman–Crippen MR) is 127 cm³/mol. The van der Waals surface area contributed by atoms with Crippen LogP contribution in [0.25, 0.3) is 0 Å². The Kier molecular flexibility index (Phi) is 8.06. The molecule has 0 unspecified atom stereocenters. The van der Waals surface area contributed by atoms with Gasteiger partial charge < -0.3 is 10.2 Å². The minimum atomic E-state index is -0.306. The van der Waals surface area contributed by atoms with Gasteiger partial charge in [-0.2, -0.15) is 0 Å². The fourth-order valence-corrected chi connectivity index (χ4v) is 3.60. The molecule has 3 aromatic rings. The van der Waals surface area contributed by atoms with Gasteiger partial charge >= 0.3 is 0 Å². The number of anilines is 2. The Labute approximate surface area is 192 Å². The molecule has 0 fully saturated rings. The Hall–Kier alpha value is -2.86. The third-order valence-electron chi connectivity index (χ3n) is 4.60. The number of hydrogen-bond acceptors (Lipinski definition) is 3. The first-order valence-electron chi connectivity index (χ1n) is 9.76. The van der Waals surface area contributed by atoms with Gasteiger partial charge in [-0.15, -0.1) is 0 Å². The standard InChI is InChI=1S/C24H23Cl2N3O2/c1-28(16-22(30)27-24-20(25)13-8-14-21(24)26)17-23(31)29(19-11-6-3-7-12-19)15-18-9-4-2-5-10-18/h2-14H,15-17H2,1H3,(H,27,30). The van der Waals surface area contributed by atoms with Gasteiger partial charge in [0.2, 0.25) is 11.8 Å². The van der Waals surface area contributed by atoms with E-state index in [0.717, 1.165) is 11.3 Å². The number of hydrogen-bond donors (Lipinski definition) is 1. The lowest BCUT2D eigenvalue weighted by atomic mass is 10.2. The van der Waals surface area contributed by atoms with Crippen LogP contribution in [-0.2, 0) is 16.1 Å². The van der Waals surface area contributed by atoms with E-state index in [1.54, 1.807) is 35.0 Å². The molecular formula is C24H23Cl2N3O2. The lowest BCUT2D eigenvalue weighted by Gasteiger charge is -2.26. The summed E-state index contributed by atoms with van der Waals surface area (Å²) in [5, 5.41) is 3.43. The maximum atomic E-state index is 13.1. The van der Waals surface area contributed by atoms with E-state index in [4.69, 9.17) is 23.2 Å². The maximum absolute atomic E-state index is 13.1. The van der Waals surface area contributed by atoms with Gasteiger partial charge in [-0.05, 0) is 36.9 Å². The molecule has 0 saturated heterocycles. The molecule has 3 rings (SSSR count). The Morgan fingerprint density at radius 1 is 0.806 bits per heavy atom. The monoisotopic (exact) mass is 455 g/mol. The van der Waals surface area contributed by atoms with Crippen LogP contribution in [0.2, 0.25) is 10.0 Å². The van der Waals surface area contributed by atoms with E-state index in [1.165, 1.54) is 0 Å². The number of nitrogens with one attached hydrogen (secondary N) is 1. The summed E-state index contributed by atoms with van der Waals surface area (Å²) in [7, 11) is 1.72. The van der Waals surface area contributed by atoms with Crippen molar-refractivity contribution in [3.05, 3.63) is 94.5 Å². The van der Waals surface area contributed by atoms with E-state index in [1.807, 2.05) is 60.7 Å². The van der Waals surface area contributed by atoms with Crippen LogP contribution in [0.3, 0.4) is 0 Å². The smallest absolute Gasteiger partial charge is 0.241 e. The number of nitrogens with zero attached hydrogens (tertiary/aromatic N) is 2. The van der Waals surface area contributed by atoms with Crippen molar-refractivity contribution in [3.8, 4) is 0 Å². The molecule has 0 spiro atoms. The molecule has 0 bridgehead atoms. The van der Waals surface area contributed by atoms with E-state index in [-0.39, 0.29) is 24.9 Å². The third kappa shape index (κ3) is 6.56. The Bertz CT molecular complexity index is 1010. The second kappa shape index (κ2) is 11.0. The van der Waals surface area contributed by atoms with E-state index in [0.29, 0.717) is 22.3 Å². The van der Waals surface area contributed by atoms with Crippen molar-refractivity contribution in [2.24, 2.45) is 0 Å². The molecule has 0 saturated carbocycles. The molecule has 7 heteroatoms. The zero-order valence-electron chi connectivity index (χ0n) is 17.1. The lowest BCUT2D eigenvalue weighted by Crippen LogP contribution is -2.41. The molecule has 3 aromatic carbocycles. The number of halogens is 2. The maximum Gasteiger partial charge on any atom is 0.241 e. The van der Waals surface area contributed by atoms with Crippen LogP contribution in [0.15, 0.2) is 78.9 Å². The van der Waals surface area contributed by atoms with Crippen LogP contribution >= 0.6 is 23.2 Å². The predicted octanol–water partition coefficient (Wildman–Crippen LogP) is 5.10. The zero-order chi connectivity index (χ0) is 22.2. The number of rotatable bonds is 8. The molecule has 1 N–H and O–H groups in total. The molecule has 0 aliphatic rings. The highest BCUT2D eigenvalue weighted by Crippen LogP contribution is 2.29. The van der Waals surface area contributed by atoms with Gasteiger partial charge in [-0.3, -0.25) is 14.5 Å². The van der Waals surface area contributed by atoms with E-state index in [2.05, 4.69) is 5.32 Å². The number of benzene rings is 3. The average molecular weight is 456 g/mol. The highest BCUT2D eigenvalue weighted by molar-refractivity contribution is 6.39. The first-order valence-corrected chi connectivity index (χ1v) is 10.5. The molecule has 31 heavy (non-hydrogen) atoms. The minimum absolute atomic E-state index is 0.0151. The van der Waals surface area contributed by atoms with E-state index < -0.39 is 0 Å². The lowest BCUT2D eigenvalue weighted by molar-refractivity contribution is -0.121. The molecule has 0 aliphatic heterocycles. The number of likely N-dealkylation sites (N-methyl/N-ethyl adjacent to an activating group) is 1. The van der Waals surface area contributed by atoms with Crippen molar-refractivity contribution in [1.82, 2.24) is 4.90 Å². The number of para-hydroxylation sites is 2. The largest absolute Gasteiger partial charge is 0.322 e. The summed E-state index contributed by atoms with van der Waals surface area (Å²) in [6.45, 7) is 0.533. The summed E-state index contributed by atoms with van der Waals surface area (Å²) >= 11 is 12.2. The molecule has 0 heterocycles. The SMILES string of the molecule is CN(CC(=O)Nc1c(Cl)cccc1Cl)CC(=O)N(Cc1ccccc1)c1ccccc1. The first kappa shape index (κ1) is 22.8. The summed E-state index contributed by atoms with van der Waals surface area (Å²) < 4.78 is 0. The van der Waals surface area contributed by atoms with Gasteiger partial charge in [-0.25, -0.2) is 0 Å². The molecule has 2 amide bonds. The number of carbonyl (C=O) groups excluding carboxylic acids is 2. The Morgan fingerprint density at radius 3 is 2.00 bits per heavy atom. The summed E-state index contributed by atoms with van der Waals surface area (Å²) in [5.74, 6) is -0.416. The molecule has 160 valence electrons. The third-order valence-corrected chi connectivity index (χ3v) is 5.23. The van der Waals surface area contributed by atoms with Gasteiger partial charge in [0, 0.05) is 5.69 Å². The van der Waals surface area contributed by atoms with Crippen LogP contribution in [0.4, 0.5) is 11.4 Å².